The summed E-state index contributed by atoms with van der Waals surface area (Å²) in [6.07, 6.45) is 6.88. The van der Waals surface area contributed by atoms with E-state index in [0.717, 1.165) is 53.9 Å². The van der Waals surface area contributed by atoms with Crippen LogP contribution in [0.4, 0.5) is 8.78 Å². The Kier molecular flexibility index (Phi) is 14.7. The summed E-state index contributed by atoms with van der Waals surface area (Å²) in [5, 5.41) is 40.1. The highest BCUT2D eigenvalue weighted by Gasteiger charge is 2.46. The molecule has 17 nitrogen and oxygen atoms in total. The quantitative estimate of drug-likeness (QED) is 0.132. The lowest BCUT2D eigenvalue weighted by Gasteiger charge is -2.44. The van der Waals surface area contributed by atoms with E-state index in [-0.39, 0.29) is 53.3 Å². The Labute approximate surface area is 410 Å². The Morgan fingerprint density at radius 2 is 1.11 bits per heavy atom. The Bertz CT molecular complexity index is 2930. The van der Waals surface area contributed by atoms with E-state index in [0.29, 0.717) is 80.2 Å². The Morgan fingerprint density at radius 1 is 0.662 bits per heavy atom. The van der Waals surface area contributed by atoms with Crippen molar-refractivity contribution in [3.63, 3.8) is 0 Å². The maximum atomic E-state index is 13.4. The van der Waals surface area contributed by atoms with Gasteiger partial charge in [-0.2, -0.15) is 10.2 Å². The van der Waals surface area contributed by atoms with Crippen LogP contribution in [0.1, 0.15) is 124 Å². The molecule has 71 heavy (non-hydrogen) atoms. The number of halogens is 2. The number of carboxylic acids is 1. The van der Waals surface area contributed by atoms with Crippen molar-refractivity contribution in [2.45, 2.75) is 115 Å². The van der Waals surface area contributed by atoms with Gasteiger partial charge in [0, 0.05) is 73.6 Å². The number of imidazole rings is 2. The van der Waals surface area contributed by atoms with Crippen LogP contribution < -0.4 is 5.32 Å². The number of nitrogens with one attached hydrogen (secondary N) is 1. The van der Waals surface area contributed by atoms with Crippen LogP contribution in [-0.4, -0.2) is 145 Å². The van der Waals surface area contributed by atoms with Crippen LogP contribution in [0.3, 0.4) is 0 Å². The topological polar surface area (TPSA) is 211 Å². The average molecular weight is 977 g/mol. The van der Waals surface area contributed by atoms with Crippen molar-refractivity contribution in [1.82, 2.24) is 49.2 Å². The van der Waals surface area contributed by atoms with Gasteiger partial charge in [-0.05, 0) is 125 Å². The standard InChI is InChI=1S/C26H30FN5O3.C21H24FN5O.C5H8O3/c1-16(2)20-13-21(18-5-7-19(27)8-6-18)29-32-15-22(28-23(20)32)24(33)31-12-11-30(14-17(31)3)25(34)26(35)9-4-10-26;1-13(2)17-10-18(15-4-6-16(22)7-5-15)25-27-12-19(24-20(17)27)21(28)26-9-8-23-11-14(26)3;6-4(7)5(8)2-1-3-5/h5-8,13,15-17,35H,4,9-12,14H2,1-3H3;4-7,10,12-14,23H,8-9,11H2,1-3H3;8H,1-3H2,(H,6,7)/t17-;14-;/m00./s1. The number of nitrogens with zero attached hydrogens (tertiary/aromatic N) is 9. The fraction of sp³-hybridized carbons (Fsp3) is 0.462. The summed E-state index contributed by atoms with van der Waals surface area (Å²) < 4.78 is 30.0. The summed E-state index contributed by atoms with van der Waals surface area (Å²) >= 11 is 0. The van der Waals surface area contributed by atoms with Crippen LogP contribution in [0.15, 0.2) is 73.1 Å². The molecule has 0 spiro atoms. The van der Waals surface area contributed by atoms with Gasteiger partial charge < -0.3 is 35.3 Å². The van der Waals surface area contributed by atoms with Gasteiger partial charge in [-0.1, -0.05) is 27.7 Å². The smallest absolute Gasteiger partial charge is 0.335 e. The van der Waals surface area contributed by atoms with Crippen LogP contribution in [0.25, 0.3) is 33.8 Å². The lowest BCUT2D eigenvalue weighted by molar-refractivity contribution is -0.167. The first kappa shape index (κ1) is 50.7. The van der Waals surface area contributed by atoms with Gasteiger partial charge in [0.1, 0.15) is 28.6 Å². The first-order valence-electron chi connectivity index (χ1n) is 24.4. The number of carboxylic acid groups (broad SMARTS) is 1. The predicted octanol–water partition coefficient (Wildman–Crippen LogP) is 6.33. The molecule has 3 amide bonds. The molecular weight excluding hydrogens is 915 g/mol. The molecule has 2 aromatic carbocycles. The Morgan fingerprint density at radius 3 is 1.48 bits per heavy atom. The highest BCUT2D eigenvalue weighted by atomic mass is 19.1. The number of carbonyl (C=O) groups is 4. The normalized spacial score (nSPS) is 19.4. The van der Waals surface area contributed by atoms with Gasteiger partial charge in [0.05, 0.1) is 23.8 Å². The van der Waals surface area contributed by atoms with Crippen molar-refractivity contribution in [2.75, 3.05) is 39.3 Å². The number of carbonyl (C=O) groups excluding carboxylic acids is 3. The van der Waals surface area contributed by atoms with E-state index in [1.807, 2.05) is 44.7 Å². The number of aromatic nitrogens is 6. The summed E-state index contributed by atoms with van der Waals surface area (Å²) in [4.78, 5) is 63.7. The van der Waals surface area contributed by atoms with Gasteiger partial charge in [0.25, 0.3) is 17.7 Å². The number of hydrogen-bond donors (Lipinski definition) is 4. The molecule has 4 fully saturated rings. The molecule has 2 atom stereocenters. The zero-order valence-corrected chi connectivity index (χ0v) is 41.0. The van der Waals surface area contributed by atoms with Crippen LogP contribution in [0.2, 0.25) is 0 Å². The molecule has 376 valence electrons. The molecule has 0 bridgehead atoms. The van der Waals surface area contributed by atoms with Gasteiger partial charge in [0.2, 0.25) is 0 Å². The summed E-state index contributed by atoms with van der Waals surface area (Å²) in [5.41, 5.74) is 4.35. The van der Waals surface area contributed by atoms with E-state index in [9.17, 15) is 33.1 Å². The average Bonchev–Trinajstić information content (AvgIpc) is 3.97. The number of piperazine rings is 2. The summed E-state index contributed by atoms with van der Waals surface area (Å²) in [6.45, 7) is 15.6. The molecule has 0 unspecified atom stereocenters. The maximum Gasteiger partial charge on any atom is 0.335 e. The highest BCUT2D eigenvalue weighted by Crippen LogP contribution is 2.35. The molecule has 10 rings (SSSR count). The molecule has 19 heteroatoms. The second kappa shape index (κ2) is 20.6. The van der Waals surface area contributed by atoms with Gasteiger partial charge in [-0.3, -0.25) is 14.4 Å². The molecule has 6 aromatic rings. The number of rotatable bonds is 8. The SMILES string of the molecule is CC(C)c1cc(-c2ccc(F)cc2)nn2cc(C(=O)N3CCN(C(=O)C4(O)CCC4)C[C@@H]3C)nc12.CC(C)c1cc(-c2ccc(F)cc2)nn2cc(C(=O)N3CCNC[C@@H]3C)nc12.O=C(O)C1(O)CCC1. The molecule has 2 aliphatic heterocycles. The molecular formula is C52H62F2N10O7. The zero-order valence-electron chi connectivity index (χ0n) is 41.0. The second-order valence-corrected chi connectivity index (χ2v) is 19.8. The summed E-state index contributed by atoms with van der Waals surface area (Å²) in [6, 6.07) is 16.2. The highest BCUT2D eigenvalue weighted by molar-refractivity contribution is 5.94. The van der Waals surface area contributed by atoms with E-state index >= 15 is 0 Å². The second-order valence-electron chi connectivity index (χ2n) is 19.8. The number of aliphatic carboxylic acids is 1. The minimum atomic E-state index is -1.36. The van der Waals surface area contributed by atoms with Crippen LogP contribution >= 0.6 is 0 Å². The van der Waals surface area contributed by atoms with E-state index in [4.69, 9.17) is 10.2 Å². The van der Waals surface area contributed by atoms with Crippen molar-refractivity contribution >= 4 is 35.0 Å². The summed E-state index contributed by atoms with van der Waals surface area (Å²) in [5.74, 6) is -1.85. The first-order valence-corrected chi connectivity index (χ1v) is 24.4. The van der Waals surface area contributed by atoms with Gasteiger partial charge in [-0.25, -0.2) is 32.6 Å². The van der Waals surface area contributed by atoms with E-state index in [2.05, 4.69) is 39.3 Å². The third-order valence-electron chi connectivity index (χ3n) is 14.0. The minimum absolute atomic E-state index is 0.0717. The van der Waals surface area contributed by atoms with E-state index < -0.39 is 17.2 Å². The predicted molar refractivity (Wildman–Crippen MR) is 261 cm³/mol. The molecule has 4 aromatic heterocycles. The fourth-order valence-corrected chi connectivity index (χ4v) is 9.21. The van der Waals surface area contributed by atoms with E-state index in [1.54, 1.807) is 55.5 Å². The van der Waals surface area contributed by atoms with Crippen molar-refractivity contribution in [2.24, 2.45) is 0 Å². The fourth-order valence-electron chi connectivity index (χ4n) is 9.21. The number of benzene rings is 2. The number of amides is 3. The third kappa shape index (κ3) is 10.7. The van der Waals surface area contributed by atoms with Crippen LogP contribution in [0, 0.1) is 11.6 Å². The number of hydrogen-bond acceptors (Lipinski definition) is 11. The Balaban J connectivity index is 0.000000167. The molecule has 4 aliphatic rings. The minimum Gasteiger partial charge on any atom is -0.479 e. The van der Waals surface area contributed by atoms with Crippen molar-refractivity contribution in [3.05, 3.63) is 107 Å². The van der Waals surface area contributed by atoms with Crippen molar-refractivity contribution in [3.8, 4) is 22.5 Å². The lowest BCUT2D eigenvalue weighted by Crippen LogP contribution is -2.61. The summed E-state index contributed by atoms with van der Waals surface area (Å²) in [7, 11) is 0. The zero-order chi connectivity index (χ0) is 50.9. The monoisotopic (exact) mass is 976 g/mol. The van der Waals surface area contributed by atoms with Gasteiger partial charge >= 0.3 is 5.97 Å². The first-order chi connectivity index (χ1) is 33.7. The van der Waals surface area contributed by atoms with Crippen LogP contribution in [-0.2, 0) is 9.59 Å². The van der Waals surface area contributed by atoms with Gasteiger partial charge in [0.15, 0.2) is 16.9 Å². The van der Waals surface area contributed by atoms with Crippen LogP contribution in [0.5, 0.6) is 0 Å². The van der Waals surface area contributed by atoms with Crippen molar-refractivity contribution < 1.29 is 43.3 Å². The number of aliphatic hydroxyl groups is 2. The maximum absolute atomic E-state index is 13.4. The molecule has 0 radical (unpaired) electrons. The lowest BCUT2D eigenvalue weighted by atomic mass is 9.79. The number of fused-ring (bicyclic) bond motifs is 2. The molecule has 2 aliphatic carbocycles. The largest absolute Gasteiger partial charge is 0.479 e. The Hall–Kier alpha value is -6.70. The molecule has 6 heterocycles. The third-order valence-corrected chi connectivity index (χ3v) is 14.0. The van der Waals surface area contributed by atoms with E-state index in [1.165, 1.54) is 24.3 Å². The molecule has 4 N–H and O–H groups in total. The molecule has 2 saturated heterocycles. The molecule has 2 saturated carbocycles. The van der Waals surface area contributed by atoms with Gasteiger partial charge in [-0.15, -0.1) is 0 Å². The van der Waals surface area contributed by atoms with Crippen molar-refractivity contribution in [1.29, 1.82) is 0 Å².